The highest BCUT2D eigenvalue weighted by Crippen LogP contribution is 2.19. The van der Waals surface area contributed by atoms with Gasteiger partial charge in [-0.2, -0.15) is 5.10 Å². The maximum absolute atomic E-state index is 4.67. The van der Waals surface area contributed by atoms with Crippen LogP contribution in [0.4, 0.5) is 0 Å². The van der Waals surface area contributed by atoms with Gasteiger partial charge in [0.25, 0.3) is 0 Å². The Morgan fingerprint density at radius 1 is 1.24 bits per heavy atom. The van der Waals surface area contributed by atoms with Crippen molar-refractivity contribution in [2.75, 3.05) is 13.1 Å². The fourth-order valence-corrected chi connectivity index (χ4v) is 2.37. The van der Waals surface area contributed by atoms with Gasteiger partial charge in [0.05, 0.1) is 11.7 Å². The second kappa shape index (κ2) is 6.80. The number of nitrogens with zero attached hydrogens (tertiary/aromatic N) is 2. The van der Waals surface area contributed by atoms with Crippen molar-refractivity contribution in [3.8, 4) is 0 Å². The lowest BCUT2D eigenvalue weighted by Crippen LogP contribution is -2.20. The number of aromatic nitrogens is 2. The number of rotatable bonds is 7. The molecule has 1 atom stereocenters. The molecule has 0 bridgehead atoms. The normalized spacial score (nSPS) is 13.0. The minimum atomic E-state index is 0.485. The second-order valence-electron chi connectivity index (χ2n) is 4.84. The van der Waals surface area contributed by atoms with Crippen LogP contribution in [0, 0.1) is 13.8 Å². The zero-order chi connectivity index (χ0) is 12.8. The van der Waals surface area contributed by atoms with E-state index in [2.05, 4.69) is 49.7 Å². The summed E-state index contributed by atoms with van der Waals surface area (Å²) in [6.45, 7) is 13.2. The van der Waals surface area contributed by atoms with Gasteiger partial charge in [-0.3, -0.25) is 4.68 Å². The van der Waals surface area contributed by atoms with Gasteiger partial charge < -0.3 is 5.32 Å². The molecule has 1 aromatic rings. The summed E-state index contributed by atoms with van der Waals surface area (Å²) in [5.74, 6) is 0. The lowest BCUT2D eigenvalue weighted by atomic mass is 10.1. The average molecular weight is 237 g/mol. The van der Waals surface area contributed by atoms with E-state index >= 15 is 0 Å². The van der Waals surface area contributed by atoms with Crippen LogP contribution >= 0.6 is 0 Å². The first kappa shape index (κ1) is 14.2. The molecule has 17 heavy (non-hydrogen) atoms. The van der Waals surface area contributed by atoms with Gasteiger partial charge in [0.15, 0.2) is 0 Å². The van der Waals surface area contributed by atoms with Crippen LogP contribution in [0.15, 0.2) is 0 Å². The quantitative estimate of drug-likeness (QED) is 0.739. The lowest BCUT2D eigenvalue weighted by molar-refractivity contribution is 0.434. The molecule has 0 aromatic carbocycles. The van der Waals surface area contributed by atoms with Crippen molar-refractivity contribution in [2.24, 2.45) is 0 Å². The summed E-state index contributed by atoms with van der Waals surface area (Å²) in [5.41, 5.74) is 3.95. The average Bonchev–Trinajstić information content (AvgIpc) is 2.60. The summed E-state index contributed by atoms with van der Waals surface area (Å²) in [6, 6.07) is 0.485. The van der Waals surface area contributed by atoms with E-state index in [0.29, 0.717) is 6.04 Å². The van der Waals surface area contributed by atoms with Crippen molar-refractivity contribution in [3.05, 3.63) is 17.0 Å². The molecule has 3 heteroatoms. The zero-order valence-corrected chi connectivity index (χ0v) is 12.0. The van der Waals surface area contributed by atoms with Crippen LogP contribution in [0.5, 0.6) is 0 Å². The molecule has 0 saturated carbocycles. The van der Waals surface area contributed by atoms with Crippen LogP contribution in [0.2, 0.25) is 0 Å². The van der Waals surface area contributed by atoms with Crippen molar-refractivity contribution < 1.29 is 0 Å². The Kier molecular flexibility index (Phi) is 5.69. The first-order valence-electron chi connectivity index (χ1n) is 6.87. The molecule has 98 valence electrons. The van der Waals surface area contributed by atoms with Gasteiger partial charge >= 0.3 is 0 Å². The lowest BCUT2D eigenvalue weighted by Gasteiger charge is -2.15. The van der Waals surface area contributed by atoms with Gasteiger partial charge in [-0.1, -0.05) is 13.8 Å². The molecule has 1 aromatic heterocycles. The smallest absolute Gasteiger partial charge is 0.0628 e. The van der Waals surface area contributed by atoms with Crippen molar-refractivity contribution in [2.45, 2.75) is 59.9 Å². The van der Waals surface area contributed by atoms with Crippen LogP contribution in [-0.2, 0) is 6.42 Å². The van der Waals surface area contributed by atoms with Gasteiger partial charge in [0.1, 0.15) is 0 Å². The molecule has 0 aliphatic carbocycles. The summed E-state index contributed by atoms with van der Waals surface area (Å²) >= 11 is 0. The number of hydrogen-bond acceptors (Lipinski definition) is 2. The van der Waals surface area contributed by atoms with E-state index in [9.17, 15) is 0 Å². The minimum absolute atomic E-state index is 0.485. The Balaban J connectivity index is 2.59. The second-order valence-corrected chi connectivity index (χ2v) is 4.84. The molecular weight excluding hydrogens is 210 g/mol. The van der Waals surface area contributed by atoms with E-state index in [-0.39, 0.29) is 0 Å². The Hall–Kier alpha value is -0.830. The van der Waals surface area contributed by atoms with Crippen molar-refractivity contribution in [3.63, 3.8) is 0 Å². The van der Waals surface area contributed by atoms with Crippen molar-refractivity contribution in [1.29, 1.82) is 0 Å². The largest absolute Gasteiger partial charge is 0.317 e. The third-order valence-electron chi connectivity index (χ3n) is 3.41. The molecule has 0 aliphatic heterocycles. The number of nitrogens with one attached hydrogen (secondary N) is 1. The van der Waals surface area contributed by atoms with E-state index in [0.717, 1.165) is 25.9 Å². The maximum atomic E-state index is 4.67. The third-order valence-corrected chi connectivity index (χ3v) is 3.41. The Bertz CT molecular complexity index is 341. The minimum Gasteiger partial charge on any atom is -0.317 e. The molecule has 0 aliphatic rings. The van der Waals surface area contributed by atoms with Crippen LogP contribution in [0.25, 0.3) is 0 Å². The van der Waals surface area contributed by atoms with Gasteiger partial charge in [-0.25, -0.2) is 0 Å². The fourth-order valence-electron chi connectivity index (χ4n) is 2.37. The molecule has 0 fully saturated rings. The summed E-state index contributed by atoms with van der Waals surface area (Å²) < 4.78 is 2.20. The molecule has 1 N–H and O–H groups in total. The Morgan fingerprint density at radius 2 is 1.94 bits per heavy atom. The zero-order valence-electron chi connectivity index (χ0n) is 12.0. The van der Waals surface area contributed by atoms with E-state index in [1.165, 1.54) is 23.4 Å². The molecule has 0 spiro atoms. The fraction of sp³-hybridized carbons (Fsp3) is 0.786. The molecule has 1 rings (SSSR count). The third kappa shape index (κ3) is 3.56. The van der Waals surface area contributed by atoms with Gasteiger partial charge in [0, 0.05) is 5.69 Å². The van der Waals surface area contributed by atoms with Crippen LogP contribution in [0.1, 0.15) is 56.6 Å². The highest BCUT2D eigenvalue weighted by molar-refractivity contribution is 5.24. The summed E-state index contributed by atoms with van der Waals surface area (Å²) in [4.78, 5) is 0. The summed E-state index contributed by atoms with van der Waals surface area (Å²) in [5, 5.41) is 8.12. The molecule has 0 amide bonds. The van der Waals surface area contributed by atoms with Gasteiger partial charge in [0.2, 0.25) is 0 Å². The highest BCUT2D eigenvalue weighted by atomic mass is 15.3. The number of aryl methyl sites for hydroxylation is 1. The highest BCUT2D eigenvalue weighted by Gasteiger charge is 2.13. The molecule has 3 nitrogen and oxygen atoms in total. The van der Waals surface area contributed by atoms with Gasteiger partial charge in [-0.15, -0.1) is 0 Å². The summed E-state index contributed by atoms with van der Waals surface area (Å²) in [6.07, 6.45) is 3.43. The predicted octanol–water partition coefficient (Wildman–Crippen LogP) is 3.01. The van der Waals surface area contributed by atoms with E-state index < -0.39 is 0 Å². The van der Waals surface area contributed by atoms with Crippen molar-refractivity contribution >= 4 is 0 Å². The van der Waals surface area contributed by atoms with E-state index in [4.69, 9.17) is 0 Å². The van der Waals surface area contributed by atoms with Crippen LogP contribution < -0.4 is 5.32 Å². The number of hydrogen-bond donors (Lipinski definition) is 1. The Labute approximate surface area is 106 Å². The standard InChI is InChI=1S/C14H27N3/c1-6-9-15-10-8-11(3)17-13(5)14(7-2)12(4)16-17/h11,15H,6-10H2,1-5H3. The van der Waals surface area contributed by atoms with E-state index in [1.54, 1.807) is 0 Å². The van der Waals surface area contributed by atoms with Crippen molar-refractivity contribution in [1.82, 2.24) is 15.1 Å². The molecular formula is C14H27N3. The SMILES string of the molecule is CCCNCCC(C)n1nc(C)c(CC)c1C. The van der Waals surface area contributed by atoms with Crippen LogP contribution in [0.3, 0.4) is 0 Å². The van der Waals surface area contributed by atoms with Gasteiger partial charge in [-0.05, 0) is 58.7 Å². The molecule has 1 heterocycles. The van der Waals surface area contributed by atoms with Crippen LogP contribution in [-0.4, -0.2) is 22.9 Å². The molecule has 0 saturated heterocycles. The maximum Gasteiger partial charge on any atom is 0.0628 e. The predicted molar refractivity (Wildman–Crippen MR) is 73.6 cm³/mol. The first-order valence-corrected chi connectivity index (χ1v) is 6.87. The van der Waals surface area contributed by atoms with E-state index in [1.807, 2.05) is 0 Å². The Morgan fingerprint density at radius 3 is 2.47 bits per heavy atom. The first-order chi connectivity index (χ1) is 8.11. The topological polar surface area (TPSA) is 29.9 Å². The monoisotopic (exact) mass is 237 g/mol. The molecule has 0 radical (unpaired) electrons. The molecule has 1 unspecified atom stereocenters. The summed E-state index contributed by atoms with van der Waals surface area (Å²) in [7, 11) is 0.